The standard InChI is InChI=1S/C14H16F2N2O3/c15-14(16)20-10-4-3-9(7-11(10)21-14)18-12(19)8-13(17)5-1-2-6-13/h3-4,7H,1-2,5-6,8,17H2,(H,18,19). The fourth-order valence-electron chi connectivity index (χ4n) is 2.81. The van der Waals surface area contributed by atoms with Crippen LogP contribution in [0.5, 0.6) is 11.5 Å². The van der Waals surface area contributed by atoms with E-state index in [2.05, 4.69) is 14.8 Å². The Balaban J connectivity index is 1.65. The van der Waals surface area contributed by atoms with E-state index in [1.54, 1.807) is 0 Å². The van der Waals surface area contributed by atoms with Crippen LogP contribution in [0, 0.1) is 0 Å². The van der Waals surface area contributed by atoms with Gasteiger partial charge in [-0.2, -0.15) is 0 Å². The number of fused-ring (bicyclic) bond motifs is 1. The van der Waals surface area contributed by atoms with Gasteiger partial charge in [-0.05, 0) is 25.0 Å². The number of anilines is 1. The predicted molar refractivity (Wildman–Crippen MR) is 71.3 cm³/mol. The van der Waals surface area contributed by atoms with E-state index in [0.717, 1.165) is 25.7 Å². The lowest BCUT2D eigenvalue weighted by atomic mass is 9.94. The maximum Gasteiger partial charge on any atom is 0.586 e. The van der Waals surface area contributed by atoms with Crippen LogP contribution in [0.4, 0.5) is 14.5 Å². The minimum Gasteiger partial charge on any atom is -0.395 e. The van der Waals surface area contributed by atoms with Crippen molar-refractivity contribution in [2.75, 3.05) is 5.32 Å². The van der Waals surface area contributed by atoms with Crippen molar-refractivity contribution in [1.82, 2.24) is 0 Å². The SMILES string of the molecule is NC1(CC(=O)Nc2ccc3c(c2)OC(F)(F)O3)CCCC1. The van der Waals surface area contributed by atoms with Crippen molar-refractivity contribution in [2.45, 2.75) is 43.9 Å². The zero-order valence-corrected chi connectivity index (χ0v) is 11.3. The second-order valence-electron chi connectivity index (χ2n) is 5.62. The Morgan fingerprint density at radius 1 is 1.24 bits per heavy atom. The van der Waals surface area contributed by atoms with Gasteiger partial charge in [0, 0.05) is 23.7 Å². The van der Waals surface area contributed by atoms with Crippen LogP contribution in [0.2, 0.25) is 0 Å². The second-order valence-corrected chi connectivity index (χ2v) is 5.62. The molecule has 0 unspecified atom stereocenters. The van der Waals surface area contributed by atoms with E-state index in [-0.39, 0.29) is 23.8 Å². The number of alkyl halides is 2. The van der Waals surface area contributed by atoms with E-state index in [0.29, 0.717) is 5.69 Å². The molecule has 0 radical (unpaired) electrons. The highest BCUT2D eigenvalue weighted by Gasteiger charge is 2.43. The lowest BCUT2D eigenvalue weighted by Gasteiger charge is -2.22. The summed E-state index contributed by atoms with van der Waals surface area (Å²) in [5, 5.41) is 2.65. The maximum absolute atomic E-state index is 12.9. The molecule has 2 aliphatic rings. The van der Waals surface area contributed by atoms with Crippen molar-refractivity contribution >= 4 is 11.6 Å². The van der Waals surface area contributed by atoms with Crippen LogP contribution in [0.3, 0.4) is 0 Å². The van der Waals surface area contributed by atoms with E-state index >= 15 is 0 Å². The number of hydrogen-bond acceptors (Lipinski definition) is 4. The Bertz CT molecular complexity index is 571. The van der Waals surface area contributed by atoms with Crippen LogP contribution < -0.4 is 20.5 Å². The molecule has 0 spiro atoms. The van der Waals surface area contributed by atoms with E-state index in [4.69, 9.17) is 5.73 Å². The summed E-state index contributed by atoms with van der Waals surface area (Å²) in [6.45, 7) is 0. The molecule has 0 atom stereocenters. The Labute approximate surface area is 120 Å². The van der Waals surface area contributed by atoms with Crippen molar-refractivity contribution in [3.63, 3.8) is 0 Å². The summed E-state index contributed by atoms with van der Waals surface area (Å²) in [6.07, 6.45) is 0.279. The molecule has 1 fully saturated rings. The van der Waals surface area contributed by atoms with Gasteiger partial charge in [0.2, 0.25) is 5.91 Å². The maximum atomic E-state index is 12.9. The highest BCUT2D eigenvalue weighted by Crippen LogP contribution is 2.42. The molecule has 1 aliphatic heterocycles. The smallest absolute Gasteiger partial charge is 0.395 e. The number of nitrogens with one attached hydrogen (secondary N) is 1. The summed E-state index contributed by atoms with van der Waals surface area (Å²) in [6, 6.07) is 4.13. The molecule has 1 aromatic carbocycles. The van der Waals surface area contributed by atoms with Gasteiger partial charge >= 0.3 is 6.29 Å². The summed E-state index contributed by atoms with van der Waals surface area (Å²) in [7, 11) is 0. The van der Waals surface area contributed by atoms with E-state index in [1.165, 1.54) is 18.2 Å². The fourth-order valence-corrected chi connectivity index (χ4v) is 2.81. The van der Waals surface area contributed by atoms with Crippen molar-refractivity contribution in [3.8, 4) is 11.5 Å². The van der Waals surface area contributed by atoms with Gasteiger partial charge in [0.05, 0.1) is 0 Å². The number of rotatable bonds is 3. The van der Waals surface area contributed by atoms with Gasteiger partial charge in [-0.15, -0.1) is 8.78 Å². The number of halogens is 2. The number of carbonyl (C=O) groups is 1. The van der Waals surface area contributed by atoms with Gasteiger partial charge in [0.15, 0.2) is 11.5 Å². The minimum absolute atomic E-state index is 0.0518. The Morgan fingerprint density at radius 3 is 2.62 bits per heavy atom. The van der Waals surface area contributed by atoms with Crippen molar-refractivity contribution in [3.05, 3.63) is 18.2 Å². The molecule has 114 valence electrons. The van der Waals surface area contributed by atoms with Crippen LogP contribution in [0.1, 0.15) is 32.1 Å². The van der Waals surface area contributed by atoms with Crippen LogP contribution in [0.15, 0.2) is 18.2 Å². The molecule has 1 saturated carbocycles. The molecule has 21 heavy (non-hydrogen) atoms. The topological polar surface area (TPSA) is 73.6 Å². The van der Waals surface area contributed by atoms with Crippen LogP contribution in [0.25, 0.3) is 0 Å². The van der Waals surface area contributed by atoms with Gasteiger partial charge in [0.1, 0.15) is 0 Å². The van der Waals surface area contributed by atoms with Gasteiger partial charge in [0.25, 0.3) is 0 Å². The molecule has 3 N–H and O–H groups in total. The molecule has 1 heterocycles. The minimum atomic E-state index is -3.66. The highest BCUT2D eigenvalue weighted by molar-refractivity contribution is 5.91. The molecule has 3 rings (SSSR count). The molecule has 1 aromatic rings. The van der Waals surface area contributed by atoms with Crippen LogP contribution >= 0.6 is 0 Å². The molecular formula is C14H16F2N2O3. The van der Waals surface area contributed by atoms with E-state index in [1.807, 2.05) is 0 Å². The zero-order chi connectivity index (χ0) is 15.1. The third-order valence-electron chi connectivity index (χ3n) is 3.80. The molecule has 1 aliphatic carbocycles. The Hall–Kier alpha value is -1.89. The number of amides is 1. The van der Waals surface area contributed by atoms with Gasteiger partial charge < -0.3 is 20.5 Å². The molecule has 0 saturated heterocycles. The summed E-state index contributed by atoms with van der Waals surface area (Å²) in [4.78, 5) is 12.0. The van der Waals surface area contributed by atoms with Gasteiger partial charge in [-0.1, -0.05) is 12.8 Å². The van der Waals surface area contributed by atoms with E-state index < -0.39 is 11.8 Å². The number of ether oxygens (including phenoxy) is 2. The molecule has 7 heteroatoms. The number of benzene rings is 1. The van der Waals surface area contributed by atoms with Crippen molar-refractivity contribution in [1.29, 1.82) is 0 Å². The van der Waals surface area contributed by atoms with Crippen molar-refractivity contribution in [2.24, 2.45) is 5.73 Å². The Kier molecular flexibility index (Phi) is 3.24. The largest absolute Gasteiger partial charge is 0.586 e. The monoisotopic (exact) mass is 298 g/mol. The normalized spacial score (nSPS) is 21.3. The summed E-state index contributed by atoms with van der Waals surface area (Å²) >= 11 is 0. The average Bonchev–Trinajstić information content (AvgIpc) is 2.90. The van der Waals surface area contributed by atoms with Crippen LogP contribution in [-0.2, 0) is 4.79 Å². The lowest BCUT2D eigenvalue weighted by Crippen LogP contribution is -2.40. The Morgan fingerprint density at radius 2 is 1.90 bits per heavy atom. The first-order valence-corrected chi connectivity index (χ1v) is 6.84. The van der Waals surface area contributed by atoms with Crippen LogP contribution in [-0.4, -0.2) is 17.7 Å². The highest BCUT2D eigenvalue weighted by atomic mass is 19.3. The summed E-state index contributed by atoms with van der Waals surface area (Å²) < 4.78 is 34.4. The number of nitrogens with two attached hydrogens (primary N) is 1. The fraction of sp³-hybridized carbons (Fsp3) is 0.500. The summed E-state index contributed by atoms with van der Waals surface area (Å²) in [5.41, 5.74) is 6.06. The first kappa shape index (κ1) is 14.1. The van der Waals surface area contributed by atoms with E-state index in [9.17, 15) is 13.6 Å². The van der Waals surface area contributed by atoms with Gasteiger partial charge in [-0.3, -0.25) is 4.79 Å². The first-order valence-electron chi connectivity index (χ1n) is 6.84. The molecule has 5 nitrogen and oxygen atoms in total. The molecule has 0 aromatic heterocycles. The first-order chi connectivity index (χ1) is 9.85. The van der Waals surface area contributed by atoms with Gasteiger partial charge in [-0.25, -0.2) is 0 Å². The number of carbonyl (C=O) groups excluding carboxylic acids is 1. The quantitative estimate of drug-likeness (QED) is 0.899. The third-order valence-corrected chi connectivity index (χ3v) is 3.80. The zero-order valence-electron chi connectivity index (χ0n) is 11.3. The molecule has 0 bridgehead atoms. The summed E-state index contributed by atoms with van der Waals surface area (Å²) in [5.74, 6) is -0.379. The average molecular weight is 298 g/mol. The third kappa shape index (κ3) is 3.07. The molecule has 1 amide bonds. The number of hydrogen-bond donors (Lipinski definition) is 2. The predicted octanol–water partition coefficient (Wildman–Crippen LogP) is 2.61. The molecular weight excluding hydrogens is 282 g/mol. The second kappa shape index (κ2) is 4.84. The lowest BCUT2D eigenvalue weighted by molar-refractivity contribution is -0.286. The van der Waals surface area contributed by atoms with Crippen molar-refractivity contribution < 1.29 is 23.0 Å².